The van der Waals surface area contributed by atoms with E-state index in [1.165, 1.54) is 96.3 Å². The summed E-state index contributed by atoms with van der Waals surface area (Å²) in [6.45, 7) is 10.7. The molecule has 0 bridgehead atoms. The highest BCUT2D eigenvalue weighted by atomic mass is 16.5. The number of unbranched alkanes of at least 4 members (excludes halogenated alkanes) is 21. The number of nitrogens with one attached hydrogen (secondary N) is 2. The Morgan fingerprint density at radius 2 is 0.946 bits per heavy atom. The lowest BCUT2D eigenvalue weighted by atomic mass is 10.0. The van der Waals surface area contributed by atoms with Crippen LogP contribution in [-0.2, 0) is 19.1 Å². The molecule has 0 atom stereocenters. The molecule has 0 spiro atoms. The number of carbonyl (C=O) groups excluding carboxylic acids is 2. The van der Waals surface area contributed by atoms with Gasteiger partial charge in [0.25, 0.3) is 10.9 Å². The smallest absolute Gasteiger partial charge is 0.306 e. The van der Waals surface area contributed by atoms with Crippen LogP contribution in [0, 0.1) is 0 Å². The average molecular weight is 790 g/mol. The molecule has 0 amide bonds. The van der Waals surface area contributed by atoms with Gasteiger partial charge in [0.15, 0.2) is 0 Å². The SMILES string of the molecule is CCCCCCCCCC(CCCCCCCCC)OC(=O)CCCCN(CCCCCCCCCC(=O)OCCCCC)CCCNc1c(NC)c(=O)c1=O. The van der Waals surface area contributed by atoms with Crippen molar-refractivity contribution in [3.63, 3.8) is 0 Å². The van der Waals surface area contributed by atoms with Crippen molar-refractivity contribution >= 4 is 23.3 Å². The second-order valence-electron chi connectivity index (χ2n) is 16.3. The topological polar surface area (TPSA) is 114 Å². The summed E-state index contributed by atoms with van der Waals surface area (Å²) < 4.78 is 11.4. The molecule has 0 aliphatic heterocycles. The maximum atomic E-state index is 13.0. The molecule has 9 heteroatoms. The van der Waals surface area contributed by atoms with E-state index in [1.54, 1.807) is 7.05 Å². The molecule has 9 nitrogen and oxygen atoms in total. The van der Waals surface area contributed by atoms with Crippen LogP contribution in [0.4, 0.5) is 11.4 Å². The van der Waals surface area contributed by atoms with Gasteiger partial charge in [0.2, 0.25) is 0 Å². The number of hydrogen-bond acceptors (Lipinski definition) is 9. The second-order valence-corrected chi connectivity index (χ2v) is 16.3. The van der Waals surface area contributed by atoms with Crippen molar-refractivity contribution in [1.29, 1.82) is 0 Å². The third kappa shape index (κ3) is 27.3. The first-order valence-corrected chi connectivity index (χ1v) is 23.7. The number of ether oxygens (including phenoxy) is 2. The summed E-state index contributed by atoms with van der Waals surface area (Å²) in [6, 6.07) is 0. The van der Waals surface area contributed by atoms with Gasteiger partial charge in [-0.3, -0.25) is 19.2 Å². The minimum Gasteiger partial charge on any atom is -0.466 e. The summed E-state index contributed by atoms with van der Waals surface area (Å²) >= 11 is 0. The third-order valence-electron chi connectivity index (χ3n) is 11.1. The molecular formula is C47H87N3O6. The van der Waals surface area contributed by atoms with Crippen LogP contribution < -0.4 is 21.5 Å². The van der Waals surface area contributed by atoms with Crippen molar-refractivity contribution in [2.24, 2.45) is 0 Å². The molecule has 0 unspecified atom stereocenters. The van der Waals surface area contributed by atoms with Crippen LogP contribution in [0.25, 0.3) is 0 Å². The molecular weight excluding hydrogens is 703 g/mol. The van der Waals surface area contributed by atoms with E-state index in [-0.39, 0.29) is 18.0 Å². The molecule has 0 aliphatic carbocycles. The fourth-order valence-corrected chi connectivity index (χ4v) is 7.52. The lowest BCUT2D eigenvalue weighted by Gasteiger charge is -2.23. The Labute approximate surface area is 343 Å². The first-order valence-electron chi connectivity index (χ1n) is 23.7. The van der Waals surface area contributed by atoms with Crippen LogP contribution in [0.3, 0.4) is 0 Å². The molecule has 0 fully saturated rings. The van der Waals surface area contributed by atoms with Gasteiger partial charge in [-0.25, -0.2) is 0 Å². The molecule has 0 heterocycles. The van der Waals surface area contributed by atoms with Gasteiger partial charge in [0, 0.05) is 26.4 Å². The summed E-state index contributed by atoms with van der Waals surface area (Å²) in [5.74, 6) is -0.0871. The normalized spacial score (nSPS) is 11.5. The molecule has 0 aromatic heterocycles. The number of nitrogens with zero attached hydrogens (tertiary/aromatic N) is 1. The molecule has 2 N–H and O–H groups in total. The van der Waals surface area contributed by atoms with Gasteiger partial charge in [-0.15, -0.1) is 0 Å². The summed E-state index contributed by atoms with van der Waals surface area (Å²) in [7, 11) is 1.67. The maximum Gasteiger partial charge on any atom is 0.306 e. The van der Waals surface area contributed by atoms with Gasteiger partial charge in [0.1, 0.15) is 17.5 Å². The van der Waals surface area contributed by atoms with Crippen molar-refractivity contribution in [3.05, 3.63) is 20.4 Å². The monoisotopic (exact) mass is 790 g/mol. The van der Waals surface area contributed by atoms with E-state index in [2.05, 4.69) is 36.3 Å². The quantitative estimate of drug-likeness (QED) is 0.0379. The maximum absolute atomic E-state index is 13.0. The van der Waals surface area contributed by atoms with Gasteiger partial charge in [-0.2, -0.15) is 0 Å². The average Bonchev–Trinajstić information content (AvgIpc) is 3.19. The number of carbonyl (C=O) groups is 2. The summed E-state index contributed by atoms with van der Waals surface area (Å²) in [5.41, 5.74) is -0.0956. The minimum atomic E-state index is -0.447. The molecule has 0 saturated heterocycles. The van der Waals surface area contributed by atoms with E-state index in [0.29, 0.717) is 37.4 Å². The highest BCUT2D eigenvalue weighted by Gasteiger charge is 2.19. The van der Waals surface area contributed by atoms with Gasteiger partial charge in [-0.05, 0) is 83.8 Å². The van der Waals surface area contributed by atoms with E-state index < -0.39 is 10.9 Å². The Bertz CT molecular complexity index is 1130. The van der Waals surface area contributed by atoms with Gasteiger partial charge >= 0.3 is 11.9 Å². The van der Waals surface area contributed by atoms with E-state index in [1.807, 2.05) is 0 Å². The first kappa shape index (κ1) is 51.6. The van der Waals surface area contributed by atoms with Gasteiger partial charge < -0.3 is 25.0 Å². The van der Waals surface area contributed by atoms with Crippen LogP contribution in [-0.4, -0.2) is 62.8 Å². The fraction of sp³-hybridized carbons (Fsp3) is 0.872. The molecule has 1 aromatic rings. The van der Waals surface area contributed by atoms with Gasteiger partial charge in [0.05, 0.1) is 6.61 Å². The molecule has 326 valence electrons. The summed E-state index contributed by atoms with van der Waals surface area (Å²) in [6.07, 6.45) is 34.6. The summed E-state index contributed by atoms with van der Waals surface area (Å²) in [4.78, 5) is 51.1. The highest BCUT2D eigenvalue weighted by Crippen LogP contribution is 2.19. The molecule has 0 aliphatic rings. The molecule has 1 rings (SSSR count). The lowest BCUT2D eigenvalue weighted by molar-refractivity contribution is -0.150. The first-order chi connectivity index (χ1) is 27.4. The molecule has 0 radical (unpaired) electrons. The van der Waals surface area contributed by atoms with E-state index in [9.17, 15) is 19.2 Å². The van der Waals surface area contributed by atoms with E-state index in [4.69, 9.17) is 9.47 Å². The number of anilines is 2. The van der Waals surface area contributed by atoms with Crippen LogP contribution in [0.15, 0.2) is 9.59 Å². The van der Waals surface area contributed by atoms with Crippen LogP contribution >= 0.6 is 0 Å². The third-order valence-corrected chi connectivity index (χ3v) is 11.1. The number of rotatable bonds is 42. The summed E-state index contributed by atoms with van der Waals surface area (Å²) in [5, 5.41) is 6.00. The van der Waals surface area contributed by atoms with Crippen LogP contribution in [0.5, 0.6) is 0 Å². The lowest BCUT2D eigenvalue weighted by Crippen LogP contribution is -2.37. The molecule has 1 aromatic carbocycles. The van der Waals surface area contributed by atoms with E-state index >= 15 is 0 Å². The Balaban J connectivity index is 2.47. The van der Waals surface area contributed by atoms with Crippen molar-refractivity contribution in [3.8, 4) is 0 Å². The minimum absolute atomic E-state index is 0.0335. The molecule has 56 heavy (non-hydrogen) atoms. The van der Waals surface area contributed by atoms with Gasteiger partial charge in [-0.1, -0.05) is 143 Å². The Hall–Kier alpha value is -2.42. The Morgan fingerprint density at radius 1 is 0.518 bits per heavy atom. The van der Waals surface area contributed by atoms with Crippen molar-refractivity contribution in [2.45, 2.75) is 226 Å². The second kappa shape index (κ2) is 36.9. The standard InChI is InChI=1S/C47H87N3O6/c1-5-8-11-13-16-20-24-32-41(33-25-21-17-14-12-9-6-2)56-43(52)35-27-29-38-50(39-31-36-49-45-44(48-4)46(53)47(45)54)37-28-23-19-15-18-22-26-34-42(51)55-40-30-10-7-3/h41,48-49H,5-40H2,1-4H3. The molecule has 0 saturated carbocycles. The number of esters is 2. The predicted molar refractivity (Wildman–Crippen MR) is 237 cm³/mol. The predicted octanol–water partition coefficient (Wildman–Crippen LogP) is 11.6. The van der Waals surface area contributed by atoms with Crippen molar-refractivity contribution in [2.75, 3.05) is 50.5 Å². The van der Waals surface area contributed by atoms with Crippen LogP contribution in [0.2, 0.25) is 0 Å². The van der Waals surface area contributed by atoms with E-state index in [0.717, 1.165) is 110 Å². The Kier molecular flexibility index (Phi) is 34.0. The zero-order valence-corrected chi connectivity index (χ0v) is 36.9. The largest absolute Gasteiger partial charge is 0.466 e. The highest BCUT2D eigenvalue weighted by molar-refractivity contribution is 5.73. The number of hydrogen-bond donors (Lipinski definition) is 2. The Morgan fingerprint density at radius 3 is 1.52 bits per heavy atom. The van der Waals surface area contributed by atoms with Crippen LogP contribution in [0.1, 0.15) is 220 Å². The zero-order chi connectivity index (χ0) is 40.9. The van der Waals surface area contributed by atoms with Crippen molar-refractivity contribution < 1.29 is 19.1 Å². The fourth-order valence-electron chi connectivity index (χ4n) is 7.52. The zero-order valence-electron chi connectivity index (χ0n) is 36.9. The van der Waals surface area contributed by atoms with Crippen molar-refractivity contribution in [1.82, 2.24) is 4.90 Å².